The molecule has 0 fully saturated rings. The predicted molar refractivity (Wildman–Crippen MR) is 62.9 cm³/mol. The minimum Gasteiger partial charge on any atom is -0.493 e. The van der Waals surface area contributed by atoms with Crippen LogP contribution in [0.3, 0.4) is 0 Å². The van der Waals surface area contributed by atoms with Crippen LogP contribution >= 0.6 is 0 Å². The van der Waals surface area contributed by atoms with E-state index in [1.807, 2.05) is 19.1 Å². The van der Waals surface area contributed by atoms with Crippen LogP contribution < -0.4 is 15.0 Å². The Morgan fingerprint density at radius 3 is 2.50 bits per heavy atom. The molecule has 90 valence electrons. The van der Waals surface area contributed by atoms with Crippen LogP contribution in [0.5, 0.6) is 11.5 Å². The molecule has 16 heavy (non-hydrogen) atoms. The first-order chi connectivity index (χ1) is 7.73. The highest BCUT2D eigenvalue weighted by atomic mass is 16.5. The monoisotopic (exact) mass is 226 g/mol. The molecule has 0 aliphatic heterocycles. The smallest absolute Gasteiger partial charge is 0.161 e. The number of methoxy groups -OCH3 is 1. The molecule has 5 heteroatoms. The van der Waals surface area contributed by atoms with Crippen molar-refractivity contribution in [3.63, 3.8) is 0 Å². The van der Waals surface area contributed by atoms with Gasteiger partial charge in [-0.2, -0.15) is 0 Å². The van der Waals surface area contributed by atoms with Crippen molar-refractivity contribution < 1.29 is 14.7 Å². The number of hydrogen-bond donors (Lipinski definition) is 3. The summed E-state index contributed by atoms with van der Waals surface area (Å²) in [4.78, 5) is 0. The molecule has 0 aromatic heterocycles. The fourth-order valence-electron chi connectivity index (χ4n) is 1.05. The first-order valence-electron chi connectivity index (χ1n) is 4.85. The maximum Gasteiger partial charge on any atom is 0.161 e. The standard InChI is InChI=1S/C10H13NO2.CH5NO/c1-3-13-9-5-4-8(7-11)6-10(9)12-2;1-2-3/h4-7,11H,3H2,1-2H3;2-3H,1H3. The maximum atomic E-state index is 7.32. The summed E-state index contributed by atoms with van der Waals surface area (Å²) < 4.78 is 10.4. The second-order valence-corrected chi connectivity index (χ2v) is 2.71. The lowest BCUT2D eigenvalue weighted by Gasteiger charge is -2.08. The van der Waals surface area contributed by atoms with Crippen molar-refractivity contribution in [3.05, 3.63) is 23.8 Å². The first-order valence-corrected chi connectivity index (χ1v) is 4.85. The fourth-order valence-corrected chi connectivity index (χ4v) is 1.05. The highest BCUT2D eigenvalue weighted by molar-refractivity contribution is 5.78. The molecule has 0 saturated heterocycles. The van der Waals surface area contributed by atoms with Gasteiger partial charge in [0, 0.05) is 13.3 Å². The first kappa shape index (κ1) is 14.4. The van der Waals surface area contributed by atoms with Crippen LogP contribution in [0.25, 0.3) is 0 Å². The average molecular weight is 226 g/mol. The Bertz CT molecular complexity index is 316. The quantitative estimate of drug-likeness (QED) is 0.539. The predicted octanol–water partition coefficient (Wildman–Crippen LogP) is 1.69. The van der Waals surface area contributed by atoms with Gasteiger partial charge in [-0.3, -0.25) is 0 Å². The van der Waals surface area contributed by atoms with Gasteiger partial charge in [0.1, 0.15) is 0 Å². The van der Waals surface area contributed by atoms with Gasteiger partial charge in [0.2, 0.25) is 0 Å². The van der Waals surface area contributed by atoms with Gasteiger partial charge in [-0.25, -0.2) is 5.48 Å². The molecule has 1 rings (SSSR count). The molecule has 0 unspecified atom stereocenters. The van der Waals surface area contributed by atoms with Gasteiger partial charge in [0.25, 0.3) is 0 Å². The van der Waals surface area contributed by atoms with E-state index in [0.717, 1.165) is 11.3 Å². The second kappa shape index (κ2) is 8.70. The minimum absolute atomic E-state index is 0.611. The van der Waals surface area contributed by atoms with Gasteiger partial charge in [0.05, 0.1) is 13.7 Å². The van der Waals surface area contributed by atoms with Crippen molar-refractivity contribution in [2.75, 3.05) is 20.8 Å². The molecule has 0 heterocycles. The van der Waals surface area contributed by atoms with Crippen molar-refractivity contribution >= 4 is 6.21 Å². The second-order valence-electron chi connectivity index (χ2n) is 2.71. The van der Waals surface area contributed by atoms with E-state index in [1.165, 1.54) is 13.3 Å². The average Bonchev–Trinajstić information content (AvgIpc) is 2.31. The van der Waals surface area contributed by atoms with Crippen LogP contribution in [-0.4, -0.2) is 32.2 Å². The Balaban J connectivity index is 0.000000673. The van der Waals surface area contributed by atoms with E-state index in [2.05, 4.69) is 0 Å². The molecule has 0 radical (unpaired) electrons. The molecule has 0 bridgehead atoms. The molecular formula is C11H18N2O3. The SMILES string of the molecule is CCOc1ccc(C=N)cc1OC.CNO. The van der Waals surface area contributed by atoms with Crippen LogP contribution in [-0.2, 0) is 0 Å². The van der Waals surface area contributed by atoms with Gasteiger partial charge >= 0.3 is 0 Å². The van der Waals surface area contributed by atoms with Crippen LogP contribution in [0.1, 0.15) is 12.5 Å². The van der Waals surface area contributed by atoms with Crippen molar-refractivity contribution in [2.45, 2.75) is 6.92 Å². The van der Waals surface area contributed by atoms with Gasteiger partial charge in [-0.15, -0.1) is 0 Å². The highest BCUT2D eigenvalue weighted by Crippen LogP contribution is 2.27. The lowest BCUT2D eigenvalue weighted by Crippen LogP contribution is -1.95. The van der Waals surface area contributed by atoms with Crippen molar-refractivity contribution in [3.8, 4) is 11.5 Å². The Hall–Kier alpha value is -1.59. The number of benzene rings is 1. The molecular weight excluding hydrogens is 208 g/mol. The summed E-state index contributed by atoms with van der Waals surface area (Å²) in [5.74, 6) is 1.39. The van der Waals surface area contributed by atoms with E-state index >= 15 is 0 Å². The Kier molecular flexibility index (Phi) is 7.83. The summed E-state index contributed by atoms with van der Waals surface area (Å²) in [5, 5.41) is 14.4. The van der Waals surface area contributed by atoms with Crippen molar-refractivity contribution in [2.24, 2.45) is 0 Å². The maximum absolute atomic E-state index is 7.32. The molecule has 0 aliphatic carbocycles. The van der Waals surface area contributed by atoms with Gasteiger partial charge in [0.15, 0.2) is 11.5 Å². The third kappa shape index (κ3) is 4.77. The zero-order chi connectivity index (χ0) is 12.4. The third-order valence-corrected chi connectivity index (χ3v) is 1.65. The lowest BCUT2D eigenvalue weighted by atomic mass is 10.2. The molecule has 1 aromatic rings. The van der Waals surface area contributed by atoms with Crippen LogP contribution in [0, 0.1) is 5.41 Å². The van der Waals surface area contributed by atoms with Gasteiger partial charge in [-0.05, 0) is 30.7 Å². The number of hydrogen-bond acceptors (Lipinski definition) is 5. The van der Waals surface area contributed by atoms with E-state index < -0.39 is 0 Å². The summed E-state index contributed by atoms with van der Waals surface area (Å²) in [7, 11) is 3.02. The summed E-state index contributed by atoms with van der Waals surface area (Å²) in [6.45, 7) is 2.53. The van der Waals surface area contributed by atoms with Crippen molar-refractivity contribution in [1.29, 1.82) is 5.41 Å². The topological polar surface area (TPSA) is 74.6 Å². The Labute approximate surface area is 95.5 Å². The van der Waals surface area contributed by atoms with E-state index in [0.29, 0.717) is 12.4 Å². The molecule has 0 amide bonds. The zero-order valence-corrected chi connectivity index (χ0v) is 9.78. The number of hydroxylamine groups is 1. The molecule has 0 saturated carbocycles. The lowest BCUT2D eigenvalue weighted by molar-refractivity contribution is 0.194. The minimum atomic E-state index is 0.611. The molecule has 0 aliphatic rings. The molecule has 1 aromatic carbocycles. The fraction of sp³-hybridized carbons (Fsp3) is 0.364. The molecule has 5 nitrogen and oxygen atoms in total. The van der Waals surface area contributed by atoms with Crippen LogP contribution in [0.4, 0.5) is 0 Å². The van der Waals surface area contributed by atoms with Crippen molar-refractivity contribution in [1.82, 2.24) is 5.48 Å². The molecule has 3 N–H and O–H groups in total. The molecule has 0 atom stereocenters. The third-order valence-electron chi connectivity index (χ3n) is 1.65. The van der Waals surface area contributed by atoms with E-state index in [1.54, 1.807) is 18.7 Å². The zero-order valence-electron chi connectivity index (χ0n) is 9.78. The van der Waals surface area contributed by atoms with Crippen LogP contribution in [0.15, 0.2) is 18.2 Å². The van der Waals surface area contributed by atoms with Gasteiger partial charge < -0.3 is 20.1 Å². The Morgan fingerprint density at radius 1 is 1.44 bits per heavy atom. The summed E-state index contributed by atoms with van der Waals surface area (Å²) >= 11 is 0. The van der Waals surface area contributed by atoms with E-state index in [9.17, 15) is 0 Å². The van der Waals surface area contributed by atoms with Crippen LogP contribution in [0.2, 0.25) is 0 Å². The highest BCUT2D eigenvalue weighted by Gasteiger charge is 2.03. The van der Waals surface area contributed by atoms with Gasteiger partial charge in [-0.1, -0.05) is 0 Å². The Morgan fingerprint density at radius 2 is 2.06 bits per heavy atom. The number of ether oxygens (including phenoxy) is 2. The number of rotatable bonds is 4. The largest absolute Gasteiger partial charge is 0.493 e. The number of nitrogens with one attached hydrogen (secondary N) is 2. The molecule has 0 spiro atoms. The van der Waals surface area contributed by atoms with E-state index in [4.69, 9.17) is 20.1 Å². The normalized spacial score (nSPS) is 8.75. The van der Waals surface area contributed by atoms with E-state index in [-0.39, 0.29) is 0 Å². The summed E-state index contributed by atoms with van der Waals surface area (Å²) in [5.41, 5.74) is 2.56. The summed E-state index contributed by atoms with van der Waals surface area (Å²) in [6, 6.07) is 5.40. The summed E-state index contributed by atoms with van der Waals surface area (Å²) in [6.07, 6.45) is 1.28.